The van der Waals surface area contributed by atoms with Gasteiger partial charge in [-0.3, -0.25) is 4.79 Å². The Morgan fingerprint density at radius 1 is 1.25 bits per heavy atom. The van der Waals surface area contributed by atoms with E-state index in [4.69, 9.17) is 14.6 Å². The normalized spacial score (nSPS) is 14.0. The van der Waals surface area contributed by atoms with Crippen LogP contribution in [0.3, 0.4) is 0 Å². The number of benzene rings is 2. The van der Waals surface area contributed by atoms with E-state index in [0.29, 0.717) is 21.5 Å². The zero-order chi connectivity index (χ0) is 23.1. The molecule has 0 atom stereocenters. The first-order valence-electron chi connectivity index (χ1n) is 10.2. The Morgan fingerprint density at radius 2 is 1.94 bits per heavy atom. The third-order valence-corrected chi connectivity index (χ3v) is 5.79. The molecule has 0 radical (unpaired) electrons. The first kappa shape index (κ1) is 23.4. The molecule has 1 amide bonds. The number of carboxylic acids is 1. The maximum atomic E-state index is 12.5. The molecule has 2 aromatic rings. The van der Waals surface area contributed by atoms with Crippen molar-refractivity contribution in [2.24, 2.45) is 0 Å². The molecule has 2 aromatic carbocycles. The van der Waals surface area contributed by atoms with Gasteiger partial charge in [-0.05, 0) is 70.2 Å². The molecule has 0 spiro atoms. The van der Waals surface area contributed by atoms with E-state index in [0.717, 1.165) is 31.2 Å². The summed E-state index contributed by atoms with van der Waals surface area (Å²) in [5, 5.41) is 21.4. The molecule has 1 aliphatic rings. The van der Waals surface area contributed by atoms with Gasteiger partial charge in [-0.15, -0.1) is 0 Å². The first-order chi connectivity index (χ1) is 15.4. The molecule has 1 fully saturated rings. The lowest BCUT2D eigenvalue weighted by Gasteiger charge is -2.14. The Bertz CT molecular complexity index is 1070. The van der Waals surface area contributed by atoms with Gasteiger partial charge in [0.15, 0.2) is 11.5 Å². The Kier molecular flexibility index (Phi) is 7.90. The molecule has 3 rings (SSSR count). The summed E-state index contributed by atoms with van der Waals surface area (Å²) in [6.07, 6.45) is 5.58. The summed E-state index contributed by atoms with van der Waals surface area (Å²) >= 11 is 3.47. The van der Waals surface area contributed by atoms with Crippen molar-refractivity contribution in [2.45, 2.75) is 38.3 Å². The van der Waals surface area contributed by atoms with Gasteiger partial charge in [0.1, 0.15) is 18.2 Å². The molecule has 1 aliphatic carbocycles. The standard InChI is InChI=1S/C24H23BrN2O5/c1-31-21-12-16(10-18(13-26)23(28)27-19-4-2-3-5-19)11-20(25)22(21)32-14-15-6-8-17(9-7-15)24(29)30/h6-12,19H,2-5,14H2,1H3,(H,27,28)(H,29,30)/b18-10-. The highest BCUT2D eigenvalue weighted by Crippen LogP contribution is 2.37. The zero-order valence-corrected chi connectivity index (χ0v) is 19.1. The van der Waals surface area contributed by atoms with Crippen LogP contribution in [0.15, 0.2) is 46.4 Å². The predicted molar refractivity (Wildman–Crippen MR) is 122 cm³/mol. The number of nitrogens with one attached hydrogen (secondary N) is 1. The predicted octanol–water partition coefficient (Wildman–Crippen LogP) is 4.70. The molecule has 0 bridgehead atoms. The Morgan fingerprint density at radius 3 is 2.53 bits per heavy atom. The average Bonchev–Trinajstić information content (AvgIpc) is 3.29. The van der Waals surface area contributed by atoms with Crippen molar-refractivity contribution < 1.29 is 24.2 Å². The molecule has 2 N–H and O–H groups in total. The van der Waals surface area contributed by atoms with Gasteiger partial charge in [-0.25, -0.2) is 4.79 Å². The second-order valence-electron chi connectivity index (χ2n) is 7.45. The van der Waals surface area contributed by atoms with Crippen LogP contribution < -0.4 is 14.8 Å². The molecule has 7 nitrogen and oxygen atoms in total. The summed E-state index contributed by atoms with van der Waals surface area (Å²) in [5.74, 6) is -0.471. The summed E-state index contributed by atoms with van der Waals surface area (Å²) < 4.78 is 11.9. The Hall–Kier alpha value is -3.31. The van der Waals surface area contributed by atoms with Crippen LogP contribution in [0.5, 0.6) is 11.5 Å². The van der Waals surface area contributed by atoms with Crippen LogP contribution in [0.4, 0.5) is 0 Å². The van der Waals surface area contributed by atoms with Crippen molar-refractivity contribution in [2.75, 3.05) is 7.11 Å². The number of carbonyl (C=O) groups excluding carboxylic acids is 1. The molecule has 32 heavy (non-hydrogen) atoms. The van der Waals surface area contributed by atoms with Gasteiger partial charge < -0.3 is 19.9 Å². The summed E-state index contributed by atoms with van der Waals surface area (Å²) in [6.45, 7) is 0.206. The fourth-order valence-electron chi connectivity index (χ4n) is 3.51. The lowest BCUT2D eigenvalue weighted by molar-refractivity contribution is -0.117. The minimum Gasteiger partial charge on any atom is -0.493 e. The van der Waals surface area contributed by atoms with Crippen molar-refractivity contribution in [3.05, 3.63) is 63.1 Å². The lowest BCUT2D eigenvalue weighted by atomic mass is 10.1. The summed E-state index contributed by atoms with van der Waals surface area (Å²) in [6, 6.07) is 11.9. The number of amides is 1. The van der Waals surface area contributed by atoms with E-state index in [2.05, 4.69) is 21.2 Å². The zero-order valence-electron chi connectivity index (χ0n) is 17.6. The van der Waals surface area contributed by atoms with Crippen molar-refractivity contribution in [3.8, 4) is 17.6 Å². The number of carboxylic acid groups (broad SMARTS) is 1. The smallest absolute Gasteiger partial charge is 0.335 e. The second-order valence-corrected chi connectivity index (χ2v) is 8.30. The van der Waals surface area contributed by atoms with E-state index in [1.54, 1.807) is 24.3 Å². The second kappa shape index (κ2) is 10.8. The molecular formula is C24H23BrN2O5. The topological polar surface area (TPSA) is 109 Å². The van der Waals surface area contributed by atoms with Gasteiger partial charge in [0, 0.05) is 6.04 Å². The fraction of sp³-hybridized carbons (Fsp3) is 0.292. The highest BCUT2D eigenvalue weighted by Gasteiger charge is 2.20. The maximum Gasteiger partial charge on any atom is 0.335 e. The molecule has 0 heterocycles. The number of hydrogen-bond donors (Lipinski definition) is 2. The Labute approximate surface area is 194 Å². The lowest BCUT2D eigenvalue weighted by Crippen LogP contribution is -2.33. The largest absolute Gasteiger partial charge is 0.493 e. The van der Waals surface area contributed by atoms with Crippen molar-refractivity contribution in [3.63, 3.8) is 0 Å². The van der Waals surface area contributed by atoms with Gasteiger partial charge in [0.05, 0.1) is 17.1 Å². The minimum absolute atomic E-state index is 0.0260. The number of rotatable bonds is 8. The number of nitriles is 1. The van der Waals surface area contributed by atoms with Gasteiger partial charge in [0.25, 0.3) is 5.91 Å². The number of ether oxygens (including phenoxy) is 2. The third kappa shape index (κ3) is 5.89. The SMILES string of the molecule is COc1cc(/C=C(/C#N)C(=O)NC2CCCC2)cc(Br)c1OCc1ccc(C(=O)O)cc1. The molecule has 166 valence electrons. The Balaban J connectivity index is 1.76. The van der Waals surface area contributed by atoms with Crippen LogP contribution in [0.1, 0.15) is 47.2 Å². The first-order valence-corrected chi connectivity index (χ1v) is 11.0. The quantitative estimate of drug-likeness (QED) is 0.403. The van der Waals surface area contributed by atoms with E-state index >= 15 is 0 Å². The number of carbonyl (C=O) groups is 2. The fourth-order valence-corrected chi connectivity index (χ4v) is 4.08. The summed E-state index contributed by atoms with van der Waals surface area (Å²) in [7, 11) is 1.50. The van der Waals surface area contributed by atoms with E-state index in [1.807, 2.05) is 6.07 Å². The van der Waals surface area contributed by atoms with E-state index in [1.165, 1.54) is 25.3 Å². The van der Waals surface area contributed by atoms with Crippen molar-refractivity contribution in [1.29, 1.82) is 5.26 Å². The van der Waals surface area contributed by atoms with Crippen molar-refractivity contribution in [1.82, 2.24) is 5.32 Å². The highest BCUT2D eigenvalue weighted by molar-refractivity contribution is 9.10. The van der Waals surface area contributed by atoms with Crippen LogP contribution >= 0.6 is 15.9 Å². The van der Waals surface area contributed by atoms with Crippen LogP contribution in [-0.4, -0.2) is 30.1 Å². The number of hydrogen-bond acceptors (Lipinski definition) is 5. The van der Waals surface area contributed by atoms with Crippen LogP contribution in [0, 0.1) is 11.3 Å². The molecule has 1 saturated carbocycles. The van der Waals surface area contributed by atoms with Gasteiger partial charge >= 0.3 is 5.97 Å². The van der Waals surface area contributed by atoms with Gasteiger partial charge in [-0.2, -0.15) is 5.26 Å². The molecular weight excluding hydrogens is 476 g/mol. The molecule has 0 saturated heterocycles. The van der Waals surface area contributed by atoms with E-state index < -0.39 is 5.97 Å². The van der Waals surface area contributed by atoms with Crippen LogP contribution in [0.25, 0.3) is 6.08 Å². The number of methoxy groups -OCH3 is 1. The number of aromatic carboxylic acids is 1. The van der Waals surface area contributed by atoms with Gasteiger partial charge in [-0.1, -0.05) is 25.0 Å². The molecule has 0 unspecified atom stereocenters. The summed E-state index contributed by atoms with van der Waals surface area (Å²) in [5.41, 5.74) is 1.64. The molecule has 0 aliphatic heterocycles. The van der Waals surface area contributed by atoms with Crippen molar-refractivity contribution >= 4 is 33.9 Å². The maximum absolute atomic E-state index is 12.5. The minimum atomic E-state index is -0.987. The van der Waals surface area contributed by atoms with Crippen LogP contribution in [0.2, 0.25) is 0 Å². The number of nitrogens with zero attached hydrogens (tertiary/aromatic N) is 1. The third-order valence-electron chi connectivity index (χ3n) is 5.20. The highest BCUT2D eigenvalue weighted by atomic mass is 79.9. The van der Waals surface area contributed by atoms with Gasteiger partial charge in [0.2, 0.25) is 0 Å². The monoisotopic (exact) mass is 498 g/mol. The van der Waals surface area contributed by atoms with E-state index in [9.17, 15) is 14.9 Å². The average molecular weight is 499 g/mol. The summed E-state index contributed by atoms with van der Waals surface area (Å²) in [4.78, 5) is 23.4. The van der Waals surface area contributed by atoms with E-state index in [-0.39, 0.29) is 29.7 Å². The molecule has 0 aromatic heterocycles. The number of halogens is 1. The van der Waals surface area contributed by atoms with Crippen LogP contribution in [-0.2, 0) is 11.4 Å². The molecule has 8 heteroatoms.